The van der Waals surface area contributed by atoms with Gasteiger partial charge in [-0.05, 0) is 6.42 Å². The molecular weight excluding hydrogens is 364 g/mol. The highest BCUT2D eigenvalue weighted by molar-refractivity contribution is 5.78. The molecule has 4 heteroatoms. The summed E-state index contributed by atoms with van der Waals surface area (Å²) in [5, 5.41) is 16.2. The quantitative estimate of drug-likeness (QED) is 0.147. The molecule has 0 fully saturated rings. The highest BCUT2D eigenvalue weighted by Gasteiger charge is 1.97. The molecular formula is C25H48O4. The van der Waals surface area contributed by atoms with Crippen molar-refractivity contribution in [2.75, 3.05) is 0 Å². The van der Waals surface area contributed by atoms with Gasteiger partial charge in [-0.1, -0.05) is 129 Å². The van der Waals surface area contributed by atoms with Crippen LogP contribution in [0.4, 0.5) is 0 Å². The average Bonchev–Trinajstić information content (AvgIpc) is 2.70. The molecule has 0 atom stereocenters. The molecule has 0 saturated heterocycles. The topological polar surface area (TPSA) is 74.6 Å². The summed E-state index contributed by atoms with van der Waals surface area (Å²) in [5.41, 5.74) is 0. The zero-order valence-electron chi connectivity index (χ0n) is 19.1. The standard InChI is InChI=1S/C22H44O2.C3H4O2/c1-2-3-4-5-6-7-8-9-10-11-12-13-14-15-16-17-18-19-20-21-22(23)24;1-2-3(4)5/h2-21H2,1H3,(H,23,24);2H,1H2,(H,4,5). The third kappa shape index (κ3) is 34.6. The van der Waals surface area contributed by atoms with Crippen molar-refractivity contribution in [3.8, 4) is 0 Å². The molecule has 0 amide bonds. The SMILES string of the molecule is C=CC(=O)O.CCCCCCCCCCCCCCCCCCCCCC(=O)O. The molecule has 0 aliphatic heterocycles. The fraction of sp³-hybridized carbons (Fsp3) is 0.840. The van der Waals surface area contributed by atoms with Crippen molar-refractivity contribution in [2.45, 2.75) is 135 Å². The van der Waals surface area contributed by atoms with Gasteiger partial charge in [-0.2, -0.15) is 0 Å². The van der Waals surface area contributed by atoms with Crippen molar-refractivity contribution in [3.05, 3.63) is 12.7 Å². The second kappa shape index (κ2) is 26.7. The minimum atomic E-state index is -0.981. The number of rotatable bonds is 21. The predicted octanol–water partition coefficient (Wildman–Crippen LogP) is 8.15. The number of hydrogen-bond donors (Lipinski definition) is 2. The normalized spacial score (nSPS) is 10.2. The zero-order chi connectivity index (χ0) is 22.0. The van der Waals surface area contributed by atoms with Gasteiger partial charge in [0.2, 0.25) is 0 Å². The summed E-state index contributed by atoms with van der Waals surface area (Å²) in [6.45, 7) is 5.24. The molecule has 0 aromatic heterocycles. The molecule has 0 saturated carbocycles. The van der Waals surface area contributed by atoms with Gasteiger partial charge >= 0.3 is 11.9 Å². The summed E-state index contributed by atoms with van der Waals surface area (Å²) >= 11 is 0. The lowest BCUT2D eigenvalue weighted by Crippen LogP contribution is -1.93. The first kappa shape index (κ1) is 29.9. The minimum absolute atomic E-state index is 0.346. The van der Waals surface area contributed by atoms with E-state index in [0.717, 1.165) is 18.9 Å². The predicted molar refractivity (Wildman–Crippen MR) is 123 cm³/mol. The zero-order valence-corrected chi connectivity index (χ0v) is 19.1. The Morgan fingerprint density at radius 2 is 0.828 bits per heavy atom. The molecule has 0 bridgehead atoms. The maximum Gasteiger partial charge on any atom is 0.327 e. The number of hydrogen-bond acceptors (Lipinski definition) is 2. The number of carboxylic acids is 2. The monoisotopic (exact) mass is 412 g/mol. The van der Waals surface area contributed by atoms with Crippen LogP contribution >= 0.6 is 0 Å². The molecule has 4 nitrogen and oxygen atoms in total. The van der Waals surface area contributed by atoms with Crippen LogP contribution in [0.2, 0.25) is 0 Å². The molecule has 0 aliphatic carbocycles. The fourth-order valence-corrected chi connectivity index (χ4v) is 3.35. The van der Waals surface area contributed by atoms with Crippen LogP contribution in [-0.4, -0.2) is 22.2 Å². The van der Waals surface area contributed by atoms with Gasteiger partial charge in [-0.3, -0.25) is 4.79 Å². The lowest BCUT2D eigenvalue weighted by Gasteiger charge is -2.03. The van der Waals surface area contributed by atoms with Crippen molar-refractivity contribution in [1.82, 2.24) is 0 Å². The van der Waals surface area contributed by atoms with Crippen LogP contribution in [0.3, 0.4) is 0 Å². The van der Waals surface area contributed by atoms with Crippen LogP contribution in [0.1, 0.15) is 135 Å². The number of unbranched alkanes of at least 4 members (excludes halogenated alkanes) is 18. The summed E-state index contributed by atoms with van der Waals surface area (Å²) in [4.78, 5) is 19.6. The molecule has 29 heavy (non-hydrogen) atoms. The fourth-order valence-electron chi connectivity index (χ4n) is 3.35. The van der Waals surface area contributed by atoms with E-state index < -0.39 is 11.9 Å². The van der Waals surface area contributed by atoms with Gasteiger partial charge in [0.25, 0.3) is 0 Å². The van der Waals surface area contributed by atoms with Crippen molar-refractivity contribution in [3.63, 3.8) is 0 Å². The third-order valence-corrected chi connectivity index (χ3v) is 5.17. The highest BCUT2D eigenvalue weighted by Crippen LogP contribution is 2.14. The number of carbonyl (C=O) groups is 2. The van der Waals surface area contributed by atoms with Gasteiger partial charge in [-0.15, -0.1) is 0 Å². The molecule has 172 valence electrons. The van der Waals surface area contributed by atoms with Gasteiger partial charge in [0.15, 0.2) is 0 Å². The Hall–Kier alpha value is -1.32. The Bertz CT molecular complexity index is 366. The Balaban J connectivity index is 0. The first-order chi connectivity index (χ1) is 14.0. The highest BCUT2D eigenvalue weighted by atomic mass is 16.4. The summed E-state index contributed by atoms with van der Waals surface area (Å²) in [7, 11) is 0. The number of aliphatic carboxylic acids is 2. The second-order valence-corrected chi connectivity index (χ2v) is 8.05. The summed E-state index contributed by atoms with van der Waals surface area (Å²) < 4.78 is 0. The molecule has 0 spiro atoms. The largest absolute Gasteiger partial charge is 0.481 e. The molecule has 0 aromatic rings. The van der Waals surface area contributed by atoms with Gasteiger partial charge < -0.3 is 10.2 Å². The maximum absolute atomic E-state index is 10.4. The van der Waals surface area contributed by atoms with Gasteiger partial charge in [0.05, 0.1) is 0 Å². The Morgan fingerprint density at radius 1 is 0.586 bits per heavy atom. The van der Waals surface area contributed by atoms with E-state index in [0.29, 0.717) is 6.42 Å². The summed E-state index contributed by atoms with van der Waals surface area (Å²) in [6.07, 6.45) is 26.9. The van der Waals surface area contributed by atoms with Gasteiger partial charge in [0.1, 0.15) is 0 Å². The number of carboxylic acid groups (broad SMARTS) is 2. The second-order valence-electron chi connectivity index (χ2n) is 8.05. The van der Waals surface area contributed by atoms with E-state index >= 15 is 0 Å². The van der Waals surface area contributed by atoms with Crippen molar-refractivity contribution >= 4 is 11.9 Å². The Morgan fingerprint density at radius 3 is 1.03 bits per heavy atom. The van der Waals surface area contributed by atoms with Crippen LogP contribution in [0, 0.1) is 0 Å². The maximum atomic E-state index is 10.4. The molecule has 0 radical (unpaired) electrons. The van der Waals surface area contributed by atoms with Crippen LogP contribution in [0.15, 0.2) is 12.7 Å². The van der Waals surface area contributed by atoms with E-state index in [1.54, 1.807) is 0 Å². The summed E-state index contributed by atoms with van der Waals surface area (Å²) in [6, 6.07) is 0. The lowest BCUT2D eigenvalue weighted by molar-refractivity contribution is -0.137. The Labute approximate surface area is 180 Å². The first-order valence-electron chi connectivity index (χ1n) is 12.1. The smallest absolute Gasteiger partial charge is 0.327 e. The van der Waals surface area contributed by atoms with E-state index in [1.807, 2.05) is 0 Å². The summed E-state index contributed by atoms with van der Waals surface area (Å²) in [5.74, 6) is -1.63. The van der Waals surface area contributed by atoms with E-state index in [4.69, 9.17) is 10.2 Å². The Kier molecular flexibility index (Phi) is 27.5. The van der Waals surface area contributed by atoms with Crippen LogP contribution in [0.5, 0.6) is 0 Å². The van der Waals surface area contributed by atoms with Crippen LogP contribution in [-0.2, 0) is 9.59 Å². The van der Waals surface area contributed by atoms with E-state index in [1.165, 1.54) is 109 Å². The molecule has 0 heterocycles. The molecule has 0 aliphatic rings. The molecule has 0 rings (SSSR count). The third-order valence-electron chi connectivity index (χ3n) is 5.17. The van der Waals surface area contributed by atoms with Gasteiger partial charge in [-0.25, -0.2) is 4.79 Å². The molecule has 2 N–H and O–H groups in total. The minimum Gasteiger partial charge on any atom is -0.481 e. The van der Waals surface area contributed by atoms with Gasteiger partial charge in [0, 0.05) is 12.5 Å². The van der Waals surface area contributed by atoms with Crippen LogP contribution in [0.25, 0.3) is 0 Å². The van der Waals surface area contributed by atoms with Crippen molar-refractivity contribution in [2.24, 2.45) is 0 Å². The van der Waals surface area contributed by atoms with E-state index in [2.05, 4.69) is 13.5 Å². The lowest BCUT2D eigenvalue weighted by atomic mass is 10.0. The van der Waals surface area contributed by atoms with Crippen molar-refractivity contribution < 1.29 is 19.8 Å². The average molecular weight is 413 g/mol. The van der Waals surface area contributed by atoms with Crippen molar-refractivity contribution in [1.29, 1.82) is 0 Å². The van der Waals surface area contributed by atoms with E-state index in [-0.39, 0.29) is 0 Å². The van der Waals surface area contributed by atoms with E-state index in [9.17, 15) is 9.59 Å². The molecule has 0 aromatic carbocycles. The molecule has 0 unspecified atom stereocenters. The van der Waals surface area contributed by atoms with Crippen LogP contribution < -0.4 is 0 Å². The first-order valence-corrected chi connectivity index (χ1v) is 12.1.